The first-order chi connectivity index (χ1) is 9.03. The molecule has 1 heterocycles. The molecule has 2 rings (SSSR count). The van der Waals surface area contributed by atoms with E-state index >= 15 is 0 Å². The van der Waals surface area contributed by atoms with Crippen LogP contribution in [-0.2, 0) is 19.9 Å². The van der Waals surface area contributed by atoms with E-state index in [1.54, 1.807) is 19.1 Å². The van der Waals surface area contributed by atoms with Gasteiger partial charge in [0.15, 0.2) is 9.84 Å². The van der Waals surface area contributed by atoms with Crippen LogP contribution in [0.1, 0.15) is 13.3 Å². The molecule has 1 aliphatic heterocycles. The van der Waals surface area contributed by atoms with Gasteiger partial charge in [0.2, 0.25) is 10.0 Å². The van der Waals surface area contributed by atoms with Gasteiger partial charge in [-0.15, -0.1) is 0 Å². The molecule has 1 aromatic carbocycles. The molecule has 5 nitrogen and oxygen atoms in total. The molecule has 112 valence electrons. The Bertz CT molecular complexity index is 746. The molecule has 1 fully saturated rings. The predicted molar refractivity (Wildman–Crippen MR) is 83.8 cm³/mol. The lowest BCUT2D eigenvalue weighted by Gasteiger charge is -2.24. The zero-order valence-electron chi connectivity index (χ0n) is 10.6. The molecule has 9 heteroatoms. The minimum atomic E-state index is -3.80. The Labute approximate surface area is 135 Å². The summed E-state index contributed by atoms with van der Waals surface area (Å²) < 4.78 is 51.5. The molecule has 0 saturated carbocycles. The fourth-order valence-corrected chi connectivity index (χ4v) is 7.28. The molecular formula is C11H13Br2NO4S2. The Kier molecular flexibility index (Phi) is 4.39. The smallest absolute Gasteiger partial charge is 0.229 e. The van der Waals surface area contributed by atoms with Crippen LogP contribution in [0, 0.1) is 0 Å². The summed E-state index contributed by atoms with van der Waals surface area (Å²) >= 11 is 6.42. The van der Waals surface area contributed by atoms with Crippen molar-refractivity contribution in [3.8, 4) is 0 Å². The Morgan fingerprint density at radius 1 is 1.30 bits per heavy atom. The Morgan fingerprint density at radius 2 is 1.95 bits per heavy atom. The predicted octanol–water partition coefficient (Wildman–Crippen LogP) is 2.07. The van der Waals surface area contributed by atoms with Crippen molar-refractivity contribution in [3.63, 3.8) is 0 Å². The minimum Gasteiger partial charge on any atom is -0.229 e. The van der Waals surface area contributed by atoms with Gasteiger partial charge in [-0.05, 0) is 47.5 Å². The monoisotopic (exact) mass is 445 g/mol. The van der Waals surface area contributed by atoms with Crippen LogP contribution < -0.4 is 4.72 Å². The molecule has 0 aromatic heterocycles. The van der Waals surface area contributed by atoms with Crippen molar-refractivity contribution in [2.45, 2.75) is 23.8 Å². The maximum absolute atomic E-state index is 12.4. The van der Waals surface area contributed by atoms with E-state index in [9.17, 15) is 16.8 Å². The molecular weight excluding hydrogens is 434 g/mol. The van der Waals surface area contributed by atoms with Gasteiger partial charge in [0, 0.05) is 14.5 Å². The molecule has 0 aliphatic carbocycles. The van der Waals surface area contributed by atoms with E-state index in [1.165, 1.54) is 6.07 Å². The van der Waals surface area contributed by atoms with Gasteiger partial charge in [-0.1, -0.05) is 15.9 Å². The zero-order valence-corrected chi connectivity index (χ0v) is 15.4. The standard InChI is InChI=1S/C11H13Br2NO4S2/c1-11(4-5-19(15,16)7-11)14-20(17,18)10-6-8(12)2-3-9(10)13/h2-3,6,14H,4-5,7H2,1H3. The van der Waals surface area contributed by atoms with Gasteiger partial charge < -0.3 is 0 Å². The number of halogens is 2. The summed E-state index contributed by atoms with van der Waals surface area (Å²) in [6.45, 7) is 1.61. The maximum atomic E-state index is 12.4. The van der Waals surface area contributed by atoms with Crippen LogP contribution in [0.15, 0.2) is 32.0 Å². The van der Waals surface area contributed by atoms with Gasteiger partial charge >= 0.3 is 0 Å². The molecule has 20 heavy (non-hydrogen) atoms. The van der Waals surface area contributed by atoms with Gasteiger partial charge in [-0.2, -0.15) is 0 Å². The van der Waals surface area contributed by atoms with E-state index in [-0.39, 0.29) is 22.8 Å². The first-order valence-electron chi connectivity index (χ1n) is 5.73. The Morgan fingerprint density at radius 3 is 2.50 bits per heavy atom. The normalized spacial score (nSPS) is 25.8. The number of nitrogens with one attached hydrogen (secondary N) is 1. The van der Waals surface area contributed by atoms with Crippen LogP contribution in [0.2, 0.25) is 0 Å². The molecule has 1 aromatic rings. The molecule has 1 aliphatic rings. The number of rotatable bonds is 3. The average Bonchev–Trinajstić information content (AvgIpc) is 2.55. The van der Waals surface area contributed by atoms with E-state index < -0.39 is 25.4 Å². The lowest BCUT2D eigenvalue weighted by Crippen LogP contribution is -2.46. The van der Waals surface area contributed by atoms with Crippen molar-refractivity contribution >= 4 is 51.7 Å². The number of sulfonamides is 1. The highest BCUT2D eigenvalue weighted by Crippen LogP contribution is 2.29. The first kappa shape index (κ1) is 16.4. The third-order valence-electron chi connectivity index (χ3n) is 3.07. The first-order valence-corrected chi connectivity index (χ1v) is 10.6. The molecule has 0 radical (unpaired) electrons. The highest BCUT2D eigenvalue weighted by Gasteiger charge is 2.41. The van der Waals surface area contributed by atoms with Crippen molar-refractivity contribution in [1.82, 2.24) is 4.72 Å². The second kappa shape index (κ2) is 5.35. The second-order valence-electron chi connectivity index (χ2n) is 5.08. The summed E-state index contributed by atoms with van der Waals surface area (Å²) in [5, 5.41) is 0. The average molecular weight is 447 g/mol. The molecule has 0 bridgehead atoms. The van der Waals surface area contributed by atoms with Gasteiger partial charge in [0.05, 0.1) is 16.4 Å². The van der Waals surface area contributed by atoms with Gasteiger partial charge in [0.25, 0.3) is 0 Å². The van der Waals surface area contributed by atoms with Crippen LogP contribution in [0.5, 0.6) is 0 Å². The van der Waals surface area contributed by atoms with Crippen LogP contribution in [-0.4, -0.2) is 33.9 Å². The lowest BCUT2D eigenvalue weighted by molar-refractivity contribution is 0.461. The molecule has 1 atom stereocenters. The fourth-order valence-electron chi connectivity index (χ4n) is 2.15. The highest BCUT2D eigenvalue weighted by atomic mass is 79.9. The van der Waals surface area contributed by atoms with Crippen molar-refractivity contribution < 1.29 is 16.8 Å². The highest BCUT2D eigenvalue weighted by molar-refractivity contribution is 9.11. The van der Waals surface area contributed by atoms with Crippen molar-refractivity contribution in [2.24, 2.45) is 0 Å². The Hall–Kier alpha value is 0.0400. The molecule has 0 amide bonds. The van der Waals surface area contributed by atoms with Crippen LogP contribution in [0.25, 0.3) is 0 Å². The van der Waals surface area contributed by atoms with E-state index in [1.807, 2.05) is 0 Å². The van der Waals surface area contributed by atoms with E-state index in [0.29, 0.717) is 8.95 Å². The largest absolute Gasteiger partial charge is 0.242 e. The van der Waals surface area contributed by atoms with Gasteiger partial charge in [0.1, 0.15) is 0 Å². The SMILES string of the molecule is CC1(NS(=O)(=O)c2cc(Br)ccc2Br)CCS(=O)(=O)C1. The van der Waals surface area contributed by atoms with Crippen LogP contribution >= 0.6 is 31.9 Å². The van der Waals surface area contributed by atoms with E-state index in [2.05, 4.69) is 36.6 Å². The van der Waals surface area contributed by atoms with Gasteiger partial charge in [-0.3, -0.25) is 0 Å². The molecule has 1 saturated heterocycles. The summed E-state index contributed by atoms with van der Waals surface area (Å²) in [6.07, 6.45) is 0.278. The Balaban J connectivity index is 2.35. The summed E-state index contributed by atoms with van der Waals surface area (Å²) in [7, 11) is -6.97. The third kappa shape index (κ3) is 3.62. The summed E-state index contributed by atoms with van der Waals surface area (Å²) in [5.74, 6) is -0.170. The van der Waals surface area contributed by atoms with Gasteiger partial charge in [-0.25, -0.2) is 21.6 Å². The van der Waals surface area contributed by atoms with Crippen molar-refractivity contribution in [3.05, 3.63) is 27.1 Å². The van der Waals surface area contributed by atoms with Crippen molar-refractivity contribution in [2.75, 3.05) is 11.5 Å². The summed E-state index contributed by atoms with van der Waals surface area (Å²) in [4.78, 5) is 0.0809. The molecule has 1 unspecified atom stereocenters. The zero-order chi connectivity index (χ0) is 15.2. The second-order valence-corrected chi connectivity index (χ2v) is 10.7. The van der Waals surface area contributed by atoms with Crippen molar-refractivity contribution in [1.29, 1.82) is 0 Å². The summed E-state index contributed by atoms with van der Waals surface area (Å²) in [6, 6.07) is 4.80. The lowest BCUT2D eigenvalue weighted by atomic mass is 10.0. The maximum Gasteiger partial charge on any atom is 0.242 e. The van der Waals surface area contributed by atoms with Crippen LogP contribution in [0.3, 0.4) is 0 Å². The fraction of sp³-hybridized carbons (Fsp3) is 0.455. The number of sulfone groups is 1. The number of benzene rings is 1. The van der Waals surface area contributed by atoms with Crippen LogP contribution in [0.4, 0.5) is 0 Å². The van der Waals surface area contributed by atoms with E-state index in [4.69, 9.17) is 0 Å². The van der Waals surface area contributed by atoms with E-state index in [0.717, 1.165) is 0 Å². The summed E-state index contributed by atoms with van der Waals surface area (Å²) in [5.41, 5.74) is -0.959. The quantitative estimate of drug-likeness (QED) is 0.770. The number of hydrogen-bond acceptors (Lipinski definition) is 4. The third-order valence-corrected chi connectivity index (χ3v) is 8.10. The minimum absolute atomic E-state index is 0.00563. The number of hydrogen-bond donors (Lipinski definition) is 1. The molecule has 0 spiro atoms. The topological polar surface area (TPSA) is 80.3 Å². The molecule has 1 N–H and O–H groups in total.